The van der Waals surface area contributed by atoms with Crippen LogP contribution >= 0.6 is 0 Å². The summed E-state index contributed by atoms with van der Waals surface area (Å²) in [7, 11) is 0. The molecule has 0 saturated heterocycles. The normalized spacial score (nSPS) is 11.4. The van der Waals surface area contributed by atoms with Crippen LogP contribution in [0, 0.1) is 0 Å². The topological polar surface area (TPSA) is 71.1 Å². The van der Waals surface area contributed by atoms with Gasteiger partial charge in [0, 0.05) is 0 Å². The number of rotatable bonds is 19. The molecule has 0 spiro atoms. The zero-order chi connectivity index (χ0) is 26.7. The molecular formula is C31H42O6. The first kappa shape index (κ1) is 29.9. The van der Waals surface area contributed by atoms with Crippen LogP contribution in [0.1, 0.15) is 82.0 Å². The van der Waals surface area contributed by atoms with Crippen LogP contribution in [0.4, 0.5) is 0 Å². The SMILES string of the molecule is C=COCCCCCCCCCCCOc1ccc(-c2ccc(C(=O)OC(C)C(=O)OCC)cc2)cc1. The van der Waals surface area contributed by atoms with Crippen molar-refractivity contribution < 1.29 is 28.5 Å². The predicted octanol–water partition coefficient (Wildman–Crippen LogP) is 7.51. The van der Waals surface area contributed by atoms with E-state index in [1.807, 2.05) is 36.4 Å². The Kier molecular flexibility index (Phi) is 14.6. The molecule has 0 amide bonds. The van der Waals surface area contributed by atoms with Crippen LogP contribution in [0.2, 0.25) is 0 Å². The molecule has 0 bridgehead atoms. The third kappa shape index (κ3) is 12.0. The van der Waals surface area contributed by atoms with Crippen LogP contribution < -0.4 is 4.74 Å². The first-order valence-electron chi connectivity index (χ1n) is 13.5. The van der Waals surface area contributed by atoms with Crippen LogP contribution in [0.3, 0.4) is 0 Å². The summed E-state index contributed by atoms with van der Waals surface area (Å²) in [5, 5.41) is 0. The highest BCUT2D eigenvalue weighted by Crippen LogP contribution is 2.23. The second-order valence-corrected chi connectivity index (χ2v) is 8.97. The van der Waals surface area contributed by atoms with Crippen LogP contribution in [-0.4, -0.2) is 37.9 Å². The molecule has 0 heterocycles. The number of hydrogen-bond donors (Lipinski definition) is 0. The van der Waals surface area contributed by atoms with Gasteiger partial charge in [0.05, 0.1) is 31.6 Å². The van der Waals surface area contributed by atoms with Crippen molar-refractivity contribution >= 4 is 11.9 Å². The van der Waals surface area contributed by atoms with Crippen molar-refractivity contribution in [1.82, 2.24) is 0 Å². The standard InChI is InChI=1S/C31H42O6/c1-4-34-23-13-11-9-7-6-8-10-12-14-24-36-29-21-19-27(20-22-29)26-15-17-28(18-16-26)31(33)37-25(3)30(32)35-5-2/h4,15-22,25H,1,5-14,23-24H2,2-3H3. The van der Waals surface area contributed by atoms with Gasteiger partial charge in [0.2, 0.25) is 0 Å². The van der Waals surface area contributed by atoms with E-state index in [-0.39, 0.29) is 6.61 Å². The lowest BCUT2D eigenvalue weighted by atomic mass is 10.0. The first-order chi connectivity index (χ1) is 18.0. The minimum atomic E-state index is -0.941. The van der Waals surface area contributed by atoms with Crippen molar-refractivity contribution in [2.45, 2.75) is 77.7 Å². The Morgan fingerprint density at radius 3 is 1.84 bits per heavy atom. The lowest BCUT2D eigenvalue weighted by molar-refractivity contribution is -0.152. The number of unbranched alkanes of at least 4 members (excludes halogenated alkanes) is 8. The Hall–Kier alpha value is -3.28. The molecule has 0 aliphatic heterocycles. The smallest absolute Gasteiger partial charge is 0.347 e. The maximum atomic E-state index is 12.3. The third-order valence-electron chi connectivity index (χ3n) is 6.00. The minimum Gasteiger partial charge on any atom is -0.502 e. The third-order valence-corrected chi connectivity index (χ3v) is 6.00. The molecule has 37 heavy (non-hydrogen) atoms. The highest BCUT2D eigenvalue weighted by molar-refractivity contribution is 5.92. The van der Waals surface area contributed by atoms with Gasteiger partial charge in [-0.05, 0) is 62.1 Å². The fraction of sp³-hybridized carbons (Fsp3) is 0.484. The van der Waals surface area contributed by atoms with Crippen molar-refractivity contribution in [2.75, 3.05) is 19.8 Å². The summed E-state index contributed by atoms with van der Waals surface area (Å²) in [5.41, 5.74) is 2.39. The average Bonchev–Trinajstić information content (AvgIpc) is 2.92. The van der Waals surface area contributed by atoms with Gasteiger partial charge in [-0.3, -0.25) is 0 Å². The maximum Gasteiger partial charge on any atom is 0.347 e. The van der Waals surface area contributed by atoms with Crippen molar-refractivity contribution in [2.24, 2.45) is 0 Å². The molecular weight excluding hydrogens is 468 g/mol. The molecule has 1 atom stereocenters. The number of hydrogen-bond acceptors (Lipinski definition) is 6. The lowest BCUT2D eigenvalue weighted by Gasteiger charge is -2.12. The zero-order valence-corrected chi connectivity index (χ0v) is 22.4. The van der Waals surface area contributed by atoms with Crippen molar-refractivity contribution in [3.8, 4) is 16.9 Å². The number of benzene rings is 2. The van der Waals surface area contributed by atoms with Gasteiger partial charge in [0.1, 0.15) is 5.75 Å². The van der Waals surface area contributed by atoms with E-state index in [0.29, 0.717) is 5.56 Å². The number of ether oxygens (including phenoxy) is 4. The second kappa shape index (κ2) is 18.0. The van der Waals surface area contributed by atoms with Crippen molar-refractivity contribution in [1.29, 1.82) is 0 Å². The van der Waals surface area contributed by atoms with Crippen molar-refractivity contribution in [3.63, 3.8) is 0 Å². The Balaban J connectivity index is 1.62. The van der Waals surface area contributed by atoms with E-state index in [4.69, 9.17) is 18.9 Å². The fourth-order valence-electron chi connectivity index (χ4n) is 3.88. The molecule has 0 saturated carbocycles. The van der Waals surface area contributed by atoms with Gasteiger partial charge >= 0.3 is 11.9 Å². The predicted molar refractivity (Wildman–Crippen MR) is 147 cm³/mol. The fourth-order valence-corrected chi connectivity index (χ4v) is 3.88. The summed E-state index contributed by atoms with van der Waals surface area (Å²) in [6.07, 6.45) is 11.6. The van der Waals surface area contributed by atoms with Crippen LogP contribution in [0.25, 0.3) is 11.1 Å². The van der Waals surface area contributed by atoms with Gasteiger partial charge in [0.15, 0.2) is 6.10 Å². The quantitative estimate of drug-likeness (QED) is 0.111. The van der Waals surface area contributed by atoms with E-state index in [1.54, 1.807) is 19.1 Å². The Morgan fingerprint density at radius 2 is 1.30 bits per heavy atom. The maximum absolute atomic E-state index is 12.3. The van der Waals surface area contributed by atoms with Gasteiger partial charge in [-0.15, -0.1) is 0 Å². The van der Waals surface area contributed by atoms with Gasteiger partial charge in [0.25, 0.3) is 0 Å². The molecule has 0 aromatic heterocycles. The molecule has 6 nitrogen and oxygen atoms in total. The molecule has 2 aromatic carbocycles. The molecule has 0 aliphatic rings. The molecule has 0 aliphatic carbocycles. The van der Waals surface area contributed by atoms with E-state index in [0.717, 1.165) is 42.9 Å². The largest absolute Gasteiger partial charge is 0.502 e. The summed E-state index contributed by atoms with van der Waals surface area (Å²) in [4.78, 5) is 23.9. The highest BCUT2D eigenvalue weighted by Gasteiger charge is 2.19. The Labute approximate surface area is 222 Å². The van der Waals surface area contributed by atoms with Gasteiger partial charge in [-0.2, -0.15) is 0 Å². The summed E-state index contributed by atoms with van der Waals surface area (Å²) in [5.74, 6) is -0.249. The van der Waals surface area contributed by atoms with Crippen LogP contribution in [-0.2, 0) is 19.0 Å². The average molecular weight is 511 g/mol. The number of esters is 2. The zero-order valence-electron chi connectivity index (χ0n) is 22.4. The molecule has 6 heteroatoms. The van der Waals surface area contributed by atoms with Crippen LogP contribution in [0.15, 0.2) is 61.4 Å². The van der Waals surface area contributed by atoms with Gasteiger partial charge in [-0.1, -0.05) is 75.8 Å². The van der Waals surface area contributed by atoms with E-state index < -0.39 is 18.0 Å². The highest BCUT2D eigenvalue weighted by atomic mass is 16.6. The molecule has 2 rings (SSSR count). The summed E-state index contributed by atoms with van der Waals surface area (Å²) < 4.78 is 21.1. The monoisotopic (exact) mass is 510 g/mol. The Morgan fingerprint density at radius 1 is 0.784 bits per heavy atom. The Bertz CT molecular complexity index is 920. The molecule has 202 valence electrons. The first-order valence-corrected chi connectivity index (χ1v) is 13.5. The molecule has 0 N–H and O–H groups in total. The summed E-state index contributed by atoms with van der Waals surface area (Å²) in [6, 6.07) is 15.1. The van der Waals surface area contributed by atoms with Gasteiger partial charge < -0.3 is 18.9 Å². The second-order valence-electron chi connectivity index (χ2n) is 8.97. The number of carbonyl (C=O) groups is 2. The lowest BCUT2D eigenvalue weighted by Crippen LogP contribution is -2.26. The summed E-state index contributed by atoms with van der Waals surface area (Å²) in [6.45, 7) is 8.52. The summed E-state index contributed by atoms with van der Waals surface area (Å²) >= 11 is 0. The van der Waals surface area contributed by atoms with E-state index in [1.165, 1.54) is 58.1 Å². The molecule has 2 aromatic rings. The molecule has 0 fully saturated rings. The number of carbonyl (C=O) groups excluding carboxylic acids is 2. The van der Waals surface area contributed by atoms with E-state index in [9.17, 15) is 9.59 Å². The van der Waals surface area contributed by atoms with Crippen molar-refractivity contribution in [3.05, 3.63) is 66.9 Å². The van der Waals surface area contributed by atoms with E-state index in [2.05, 4.69) is 6.58 Å². The molecule has 1 unspecified atom stereocenters. The molecule has 0 radical (unpaired) electrons. The minimum absolute atomic E-state index is 0.244. The van der Waals surface area contributed by atoms with Gasteiger partial charge in [-0.25, -0.2) is 9.59 Å². The van der Waals surface area contributed by atoms with E-state index >= 15 is 0 Å². The van der Waals surface area contributed by atoms with Crippen LogP contribution in [0.5, 0.6) is 5.75 Å².